The second kappa shape index (κ2) is 7.75. The zero-order valence-electron chi connectivity index (χ0n) is 16.9. The van der Waals surface area contributed by atoms with E-state index in [1.807, 2.05) is 28.8 Å². The van der Waals surface area contributed by atoms with Crippen molar-refractivity contribution < 1.29 is 19.1 Å². The molecule has 9 heteroatoms. The van der Waals surface area contributed by atoms with Crippen LogP contribution < -0.4 is 20.1 Å². The van der Waals surface area contributed by atoms with E-state index < -0.39 is 6.10 Å². The lowest BCUT2D eigenvalue weighted by Gasteiger charge is -2.23. The number of nitrogens with zero attached hydrogens (tertiary/aromatic N) is 3. The molecule has 2 amide bonds. The van der Waals surface area contributed by atoms with Gasteiger partial charge in [-0.1, -0.05) is 12.1 Å². The number of carbonyl (C=O) groups is 2. The Bertz CT molecular complexity index is 1150. The second-order valence-electron chi connectivity index (χ2n) is 7.60. The quantitative estimate of drug-likeness (QED) is 0.636. The molecule has 1 aliphatic heterocycles. The first kappa shape index (κ1) is 19.1. The Hall–Kier alpha value is -3.88. The Balaban J connectivity index is 1.26. The number of fused-ring (bicyclic) bond motifs is 1. The summed E-state index contributed by atoms with van der Waals surface area (Å²) in [6.45, 7) is 1.51. The molecule has 0 bridgehead atoms. The number of anilines is 2. The summed E-state index contributed by atoms with van der Waals surface area (Å²) in [7, 11) is 0. The van der Waals surface area contributed by atoms with Crippen molar-refractivity contribution in [2.75, 3.05) is 17.2 Å². The SMILES string of the molecule is C[C@H]1Oc2ccc(NC(=O)COc3ccccc3-n3cnnc3C3CC3)cc2NC1=O. The molecule has 5 rings (SSSR count). The number of nitrogens with one attached hydrogen (secondary N) is 2. The van der Waals surface area contributed by atoms with Crippen molar-refractivity contribution in [3.05, 3.63) is 54.6 Å². The first-order valence-electron chi connectivity index (χ1n) is 10.1. The number of hydrogen-bond acceptors (Lipinski definition) is 6. The lowest BCUT2D eigenvalue weighted by atomic mass is 10.2. The van der Waals surface area contributed by atoms with E-state index >= 15 is 0 Å². The molecule has 1 aromatic heterocycles. The number of rotatable bonds is 6. The van der Waals surface area contributed by atoms with Crippen LogP contribution in [0.1, 0.15) is 31.5 Å². The van der Waals surface area contributed by atoms with Crippen LogP contribution in [-0.2, 0) is 9.59 Å². The molecule has 0 radical (unpaired) electrons. The van der Waals surface area contributed by atoms with Crippen LogP contribution in [0.4, 0.5) is 11.4 Å². The van der Waals surface area contributed by atoms with Crippen LogP contribution >= 0.6 is 0 Å². The Labute approximate surface area is 178 Å². The molecule has 0 unspecified atom stereocenters. The van der Waals surface area contributed by atoms with E-state index in [1.54, 1.807) is 31.5 Å². The number of benzene rings is 2. The molecule has 2 aromatic carbocycles. The minimum absolute atomic E-state index is 0.172. The predicted octanol–water partition coefficient (Wildman–Crippen LogP) is 2.88. The van der Waals surface area contributed by atoms with Crippen LogP contribution in [0.2, 0.25) is 0 Å². The molecule has 0 spiro atoms. The van der Waals surface area contributed by atoms with E-state index in [2.05, 4.69) is 20.8 Å². The van der Waals surface area contributed by atoms with Crippen molar-refractivity contribution in [3.8, 4) is 17.2 Å². The van der Waals surface area contributed by atoms with Crippen molar-refractivity contribution >= 4 is 23.2 Å². The average molecular weight is 419 g/mol. The van der Waals surface area contributed by atoms with Gasteiger partial charge in [0.1, 0.15) is 23.7 Å². The normalized spacial score (nSPS) is 17.3. The topological polar surface area (TPSA) is 107 Å². The third-order valence-electron chi connectivity index (χ3n) is 5.19. The highest BCUT2D eigenvalue weighted by molar-refractivity contribution is 5.99. The Kier molecular flexibility index (Phi) is 4.78. The molecular weight excluding hydrogens is 398 g/mol. The minimum Gasteiger partial charge on any atom is -0.482 e. The van der Waals surface area contributed by atoms with Gasteiger partial charge in [-0.3, -0.25) is 14.2 Å². The zero-order valence-corrected chi connectivity index (χ0v) is 16.9. The first-order chi connectivity index (χ1) is 15.1. The molecule has 1 fully saturated rings. The van der Waals surface area contributed by atoms with E-state index in [1.165, 1.54) is 0 Å². The molecule has 3 aromatic rings. The smallest absolute Gasteiger partial charge is 0.265 e. The monoisotopic (exact) mass is 419 g/mol. The van der Waals surface area contributed by atoms with Gasteiger partial charge >= 0.3 is 0 Å². The zero-order chi connectivity index (χ0) is 21.4. The number of hydrogen-bond donors (Lipinski definition) is 2. The Morgan fingerprint density at radius 3 is 2.97 bits per heavy atom. The molecule has 2 N–H and O–H groups in total. The summed E-state index contributed by atoms with van der Waals surface area (Å²) < 4.78 is 13.3. The lowest BCUT2D eigenvalue weighted by molar-refractivity contribution is -0.122. The number of amides is 2. The number of carbonyl (C=O) groups excluding carboxylic acids is 2. The molecular formula is C22H21N5O4. The van der Waals surface area contributed by atoms with Gasteiger partial charge in [0.15, 0.2) is 12.7 Å². The van der Waals surface area contributed by atoms with Gasteiger partial charge in [0.05, 0.1) is 11.4 Å². The largest absolute Gasteiger partial charge is 0.482 e. The lowest BCUT2D eigenvalue weighted by Crippen LogP contribution is -2.34. The fourth-order valence-electron chi connectivity index (χ4n) is 3.45. The Morgan fingerprint density at radius 2 is 2.13 bits per heavy atom. The molecule has 0 saturated heterocycles. The van der Waals surface area contributed by atoms with Gasteiger partial charge in [-0.05, 0) is 50.1 Å². The van der Waals surface area contributed by atoms with Gasteiger partial charge in [0, 0.05) is 11.6 Å². The third-order valence-corrected chi connectivity index (χ3v) is 5.19. The van der Waals surface area contributed by atoms with Crippen molar-refractivity contribution in [1.29, 1.82) is 0 Å². The predicted molar refractivity (Wildman–Crippen MR) is 113 cm³/mol. The summed E-state index contributed by atoms with van der Waals surface area (Å²) in [5.74, 6) is 1.92. The second-order valence-corrected chi connectivity index (χ2v) is 7.60. The maximum Gasteiger partial charge on any atom is 0.265 e. The van der Waals surface area contributed by atoms with Gasteiger partial charge in [-0.25, -0.2) is 0 Å². The highest BCUT2D eigenvalue weighted by Gasteiger charge is 2.29. The van der Waals surface area contributed by atoms with Gasteiger partial charge in [-0.15, -0.1) is 10.2 Å². The highest BCUT2D eigenvalue weighted by Crippen LogP contribution is 2.40. The first-order valence-corrected chi connectivity index (χ1v) is 10.1. The molecule has 158 valence electrons. The van der Waals surface area contributed by atoms with Crippen LogP contribution in [-0.4, -0.2) is 39.3 Å². The summed E-state index contributed by atoms with van der Waals surface area (Å²) in [5, 5.41) is 13.8. The van der Waals surface area contributed by atoms with Crippen molar-refractivity contribution in [3.63, 3.8) is 0 Å². The van der Waals surface area contributed by atoms with Crippen LogP contribution in [0, 0.1) is 0 Å². The van der Waals surface area contributed by atoms with Crippen LogP contribution in [0.5, 0.6) is 11.5 Å². The standard InChI is InChI=1S/C22H21N5O4/c1-13-22(29)25-16-10-15(8-9-18(16)31-13)24-20(28)11-30-19-5-3-2-4-17(19)27-12-23-26-21(27)14-6-7-14/h2-5,8-10,12-14H,6-7,11H2,1H3,(H,24,28)(H,25,29)/t13-/m1/s1. The average Bonchev–Trinajstić information content (AvgIpc) is 3.50. The summed E-state index contributed by atoms with van der Waals surface area (Å²) in [4.78, 5) is 24.3. The van der Waals surface area contributed by atoms with Crippen molar-refractivity contribution in [2.45, 2.75) is 31.8 Å². The summed E-state index contributed by atoms with van der Waals surface area (Å²) >= 11 is 0. The van der Waals surface area contributed by atoms with Gasteiger partial charge < -0.3 is 20.1 Å². The van der Waals surface area contributed by atoms with Crippen LogP contribution in [0.15, 0.2) is 48.8 Å². The third kappa shape index (κ3) is 3.94. The maximum absolute atomic E-state index is 12.5. The molecule has 1 saturated carbocycles. The van der Waals surface area contributed by atoms with Crippen LogP contribution in [0.25, 0.3) is 5.69 Å². The molecule has 1 aliphatic carbocycles. The number of ether oxygens (including phenoxy) is 2. The molecule has 2 aliphatic rings. The van der Waals surface area contributed by atoms with Gasteiger partial charge in [-0.2, -0.15) is 0 Å². The Morgan fingerprint density at radius 1 is 1.29 bits per heavy atom. The maximum atomic E-state index is 12.5. The van der Waals surface area contributed by atoms with E-state index in [0.29, 0.717) is 28.8 Å². The van der Waals surface area contributed by atoms with E-state index in [9.17, 15) is 9.59 Å². The van der Waals surface area contributed by atoms with E-state index in [4.69, 9.17) is 9.47 Å². The summed E-state index contributed by atoms with van der Waals surface area (Å²) in [6, 6.07) is 12.6. The van der Waals surface area contributed by atoms with Gasteiger partial charge in [0.25, 0.3) is 11.8 Å². The van der Waals surface area contributed by atoms with Gasteiger partial charge in [0.2, 0.25) is 0 Å². The van der Waals surface area contributed by atoms with Crippen molar-refractivity contribution in [2.24, 2.45) is 0 Å². The fourth-order valence-corrected chi connectivity index (χ4v) is 3.45. The van der Waals surface area contributed by atoms with Crippen molar-refractivity contribution in [1.82, 2.24) is 14.8 Å². The molecule has 9 nitrogen and oxygen atoms in total. The number of aromatic nitrogens is 3. The summed E-state index contributed by atoms with van der Waals surface area (Å²) in [5.41, 5.74) is 1.85. The molecule has 31 heavy (non-hydrogen) atoms. The van der Waals surface area contributed by atoms with E-state index in [-0.39, 0.29) is 18.4 Å². The fraction of sp³-hybridized carbons (Fsp3) is 0.273. The van der Waals surface area contributed by atoms with Crippen LogP contribution in [0.3, 0.4) is 0 Å². The summed E-state index contributed by atoms with van der Waals surface area (Å²) in [6.07, 6.45) is 3.33. The number of para-hydroxylation sites is 2. The highest BCUT2D eigenvalue weighted by atomic mass is 16.5. The molecule has 2 heterocycles. The minimum atomic E-state index is -0.549. The molecule has 1 atom stereocenters. The van der Waals surface area contributed by atoms with E-state index in [0.717, 1.165) is 24.4 Å².